The Kier molecular flexibility index (Phi) is 7.49. The highest BCUT2D eigenvalue weighted by atomic mass is 35.5. The molecule has 0 aliphatic heterocycles. The van der Waals surface area contributed by atoms with Crippen LogP contribution < -0.4 is 21.9 Å². The molecule has 1 aromatic carbocycles. The molecule has 1 amide bonds. The molecule has 0 fully saturated rings. The van der Waals surface area contributed by atoms with E-state index in [1.807, 2.05) is 24.3 Å². The highest BCUT2D eigenvalue weighted by Gasteiger charge is 2.33. The standard InChI is InChI=1S/C21H21ClF2N6O2/c22-18-15(9-17(31)27-11-14-6-2-1-5-13(14)10-25)29-19(20(32)30-18)28-12-21(23,24)16-7-3-4-8-26-16/h1-8H,9-12,25H2,(H,27,31)(H,28,29)(H,30,32). The van der Waals surface area contributed by atoms with Crippen molar-refractivity contribution in [3.8, 4) is 0 Å². The van der Waals surface area contributed by atoms with Crippen LogP contribution in [0, 0.1) is 0 Å². The van der Waals surface area contributed by atoms with Crippen molar-refractivity contribution in [2.45, 2.75) is 25.4 Å². The van der Waals surface area contributed by atoms with Crippen molar-refractivity contribution in [1.82, 2.24) is 20.3 Å². The first-order valence-electron chi connectivity index (χ1n) is 9.65. The van der Waals surface area contributed by atoms with Gasteiger partial charge in [-0.1, -0.05) is 41.9 Å². The van der Waals surface area contributed by atoms with Crippen LogP contribution in [0.2, 0.25) is 5.15 Å². The number of anilines is 1. The van der Waals surface area contributed by atoms with Crippen molar-refractivity contribution in [2.75, 3.05) is 11.9 Å². The van der Waals surface area contributed by atoms with Gasteiger partial charge in [0, 0.05) is 19.3 Å². The van der Waals surface area contributed by atoms with Gasteiger partial charge in [-0.25, -0.2) is 4.98 Å². The van der Waals surface area contributed by atoms with Gasteiger partial charge in [-0.3, -0.25) is 14.6 Å². The van der Waals surface area contributed by atoms with Crippen LogP contribution in [-0.2, 0) is 30.2 Å². The lowest BCUT2D eigenvalue weighted by atomic mass is 10.1. The molecule has 0 radical (unpaired) electrons. The second-order valence-corrected chi connectivity index (χ2v) is 7.25. The van der Waals surface area contributed by atoms with Crippen LogP contribution in [-0.4, -0.2) is 27.4 Å². The van der Waals surface area contributed by atoms with Gasteiger partial charge in [-0.15, -0.1) is 0 Å². The van der Waals surface area contributed by atoms with E-state index in [9.17, 15) is 18.4 Å². The maximum absolute atomic E-state index is 14.3. The zero-order valence-corrected chi connectivity index (χ0v) is 17.6. The number of carbonyl (C=O) groups is 1. The number of halogens is 3. The van der Waals surface area contributed by atoms with Crippen molar-refractivity contribution in [3.05, 3.63) is 86.7 Å². The van der Waals surface area contributed by atoms with Crippen molar-refractivity contribution < 1.29 is 13.6 Å². The quantitative estimate of drug-likeness (QED) is 0.386. The molecule has 2 heterocycles. The molecule has 32 heavy (non-hydrogen) atoms. The Balaban J connectivity index is 1.67. The largest absolute Gasteiger partial charge is 0.359 e. The first kappa shape index (κ1) is 23.3. The van der Waals surface area contributed by atoms with Crippen LogP contribution >= 0.6 is 11.6 Å². The molecule has 3 aromatic rings. The Morgan fingerprint density at radius 3 is 2.56 bits per heavy atom. The molecular weight excluding hydrogens is 442 g/mol. The Morgan fingerprint density at radius 2 is 1.88 bits per heavy atom. The van der Waals surface area contributed by atoms with E-state index >= 15 is 0 Å². The van der Waals surface area contributed by atoms with Gasteiger partial charge in [0.25, 0.3) is 5.56 Å². The van der Waals surface area contributed by atoms with E-state index in [-0.39, 0.29) is 29.6 Å². The molecule has 2 aromatic heterocycles. The monoisotopic (exact) mass is 462 g/mol. The van der Waals surface area contributed by atoms with E-state index in [2.05, 4.69) is 25.6 Å². The minimum Gasteiger partial charge on any atom is -0.359 e. The molecule has 168 valence electrons. The van der Waals surface area contributed by atoms with Crippen LogP contribution in [0.1, 0.15) is 22.5 Å². The number of amides is 1. The van der Waals surface area contributed by atoms with E-state index in [1.165, 1.54) is 24.4 Å². The van der Waals surface area contributed by atoms with E-state index in [1.54, 1.807) is 0 Å². The van der Waals surface area contributed by atoms with Crippen LogP contribution in [0.25, 0.3) is 0 Å². The maximum Gasteiger partial charge on any atom is 0.306 e. The van der Waals surface area contributed by atoms with Gasteiger partial charge in [0.2, 0.25) is 5.91 Å². The summed E-state index contributed by atoms with van der Waals surface area (Å²) in [5.74, 6) is -4.13. The Morgan fingerprint density at radius 1 is 1.16 bits per heavy atom. The molecule has 5 N–H and O–H groups in total. The second-order valence-electron chi connectivity index (χ2n) is 6.87. The summed E-state index contributed by atoms with van der Waals surface area (Å²) in [6, 6.07) is 11.5. The average Bonchev–Trinajstić information content (AvgIpc) is 2.79. The number of carbonyl (C=O) groups excluding carboxylic acids is 1. The normalized spacial score (nSPS) is 11.2. The number of aromatic nitrogens is 3. The Bertz CT molecular complexity index is 1140. The average molecular weight is 463 g/mol. The summed E-state index contributed by atoms with van der Waals surface area (Å²) in [7, 11) is 0. The minimum atomic E-state index is -3.34. The lowest BCUT2D eigenvalue weighted by Crippen LogP contribution is -2.30. The van der Waals surface area contributed by atoms with Crippen molar-refractivity contribution in [1.29, 1.82) is 0 Å². The number of hydrogen-bond donors (Lipinski definition) is 4. The Hall–Kier alpha value is -3.37. The number of H-pyrrole nitrogens is 1. The smallest absolute Gasteiger partial charge is 0.306 e. The first-order valence-corrected chi connectivity index (χ1v) is 10.0. The molecule has 3 rings (SSSR count). The second kappa shape index (κ2) is 10.3. The zero-order valence-electron chi connectivity index (χ0n) is 16.9. The number of nitrogens with zero attached hydrogens (tertiary/aromatic N) is 2. The number of aromatic amines is 1. The number of pyridine rings is 1. The summed E-state index contributed by atoms with van der Waals surface area (Å²) in [6.45, 7) is -0.338. The predicted molar refractivity (Wildman–Crippen MR) is 116 cm³/mol. The van der Waals surface area contributed by atoms with E-state index < -0.39 is 29.6 Å². The lowest BCUT2D eigenvalue weighted by Gasteiger charge is -2.16. The van der Waals surface area contributed by atoms with Crippen molar-refractivity contribution >= 4 is 23.3 Å². The van der Waals surface area contributed by atoms with Gasteiger partial charge < -0.3 is 21.4 Å². The third kappa shape index (κ3) is 5.86. The molecule has 8 nitrogen and oxygen atoms in total. The number of rotatable bonds is 9. The van der Waals surface area contributed by atoms with Gasteiger partial charge in [-0.05, 0) is 23.3 Å². The summed E-state index contributed by atoms with van der Waals surface area (Å²) in [4.78, 5) is 34.3. The number of nitrogens with two attached hydrogens (primary N) is 1. The van der Waals surface area contributed by atoms with Crippen LogP contribution in [0.15, 0.2) is 53.5 Å². The number of benzene rings is 1. The fourth-order valence-corrected chi connectivity index (χ4v) is 3.10. The van der Waals surface area contributed by atoms with Crippen LogP contribution in [0.5, 0.6) is 0 Å². The molecule has 0 saturated carbocycles. The maximum atomic E-state index is 14.3. The third-order valence-corrected chi connectivity index (χ3v) is 4.91. The molecule has 11 heteroatoms. The summed E-state index contributed by atoms with van der Waals surface area (Å²) in [5.41, 5.74) is 6.26. The number of hydrogen-bond acceptors (Lipinski definition) is 6. The molecule has 0 saturated heterocycles. The number of alkyl halides is 2. The van der Waals surface area contributed by atoms with Gasteiger partial charge in [0.1, 0.15) is 10.8 Å². The molecule has 0 aliphatic carbocycles. The minimum absolute atomic E-state index is 0.0412. The summed E-state index contributed by atoms with van der Waals surface area (Å²) < 4.78 is 28.6. The summed E-state index contributed by atoms with van der Waals surface area (Å²) in [6.07, 6.45) is 0.991. The highest BCUT2D eigenvalue weighted by molar-refractivity contribution is 6.30. The van der Waals surface area contributed by atoms with Crippen molar-refractivity contribution in [2.24, 2.45) is 5.73 Å². The lowest BCUT2D eigenvalue weighted by molar-refractivity contribution is -0.120. The SMILES string of the molecule is NCc1ccccc1CNC(=O)Cc1nc(NCC(F)(F)c2ccccn2)c(=O)[nH]c1Cl. The fourth-order valence-electron chi connectivity index (χ4n) is 2.90. The third-order valence-electron chi connectivity index (χ3n) is 4.60. The first-order chi connectivity index (χ1) is 15.3. The Labute approximate surface area is 187 Å². The molecule has 0 atom stereocenters. The highest BCUT2D eigenvalue weighted by Crippen LogP contribution is 2.25. The van der Waals surface area contributed by atoms with Crippen LogP contribution in [0.3, 0.4) is 0 Å². The van der Waals surface area contributed by atoms with E-state index in [4.69, 9.17) is 17.3 Å². The number of nitrogens with one attached hydrogen (secondary N) is 3. The zero-order chi connectivity index (χ0) is 23.1. The van der Waals surface area contributed by atoms with Gasteiger partial charge in [0.05, 0.1) is 18.7 Å². The van der Waals surface area contributed by atoms with Gasteiger partial charge >= 0.3 is 5.92 Å². The summed E-state index contributed by atoms with van der Waals surface area (Å²) >= 11 is 6.00. The van der Waals surface area contributed by atoms with Crippen molar-refractivity contribution in [3.63, 3.8) is 0 Å². The topological polar surface area (TPSA) is 126 Å². The van der Waals surface area contributed by atoms with E-state index in [0.717, 1.165) is 11.1 Å². The predicted octanol–water partition coefficient (Wildman–Crippen LogP) is 2.34. The molecule has 0 bridgehead atoms. The fraction of sp³-hybridized carbons (Fsp3) is 0.238. The van der Waals surface area contributed by atoms with E-state index in [0.29, 0.717) is 6.54 Å². The molecule has 0 aliphatic rings. The summed E-state index contributed by atoms with van der Waals surface area (Å²) in [5, 5.41) is 4.90. The van der Waals surface area contributed by atoms with Gasteiger partial charge in [-0.2, -0.15) is 8.78 Å². The molecule has 0 spiro atoms. The molecular formula is C21H21ClF2N6O2. The van der Waals surface area contributed by atoms with Gasteiger partial charge in [0.15, 0.2) is 5.82 Å². The molecule has 0 unspecified atom stereocenters. The van der Waals surface area contributed by atoms with Crippen LogP contribution in [0.4, 0.5) is 14.6 Å².